The summed E-state index contributed by atoms with van der Waals surface area (Å²) in [5.41, 5.74) is 3.59. The van der Waals surface area contributed by atoms with Crippen LogP contribution in [0, 0.1) is 0 Å². The third kappa shape index (κ3) is 3.29. The van der Waals surface area contributed by atoms with Crippen LogP contribution in [0.3, 0.4) is 0 Å². The summed E-state index contributed by atoms with van der Waals surface area (Å²) in [6.45, 7) is 5.36. The molecule has 5 heteroatoms. The van der Waals surface area contributed by atoms with Crippen molar-refractivity contribution in [1.29, 1.82) is 0 Å². The summed E-state index contributed by atoms with van der Waals surface area (Å²) < 4.78 is 5.91. The Bertz CT molecular complexity index is 876. The van der Waals surface area contributed by atoms with Gasteiger partial charge in [-0.1, -0.05) is 31.2 Å². The molecule has 1 N–H and O–H groups in total. The van der Waals surface area contributed by atoms with E-state index in [-0.39, 0.29) is 23.8 Å². The zero-order chi connectivity index (χ0) is 19.0. The summed E-state index contributed by atoms with van der Waals surface area (Å²) >= 11 is 0. The van der Waals surface area contributed by atoms with E-state index in [4.69, 9.17) is 4.74 Å². The SMILES string of the molecule is C[C@@H]1Oc2c(C(=O)NCc3ccc(N4CCCC4=O)cc3)cccc2[C@H]1C. The van der Waals surface area contributed by atoms with Gasteiger partial charge >= 0.3 is 0 Å². The molecule has 2 aliphatic heterocycles. The van der Waals surface area contributed by atoms with Gasteiger partial charge in [0.1, 0.15) is 11.9 Å². The van der Waals surface area contributed by atoms with Crippen LogP contribution < -0.4 is 15.0 Å². The molecule has 0 saturated carbocycles. The number of carbonyl (C=O) groups is 2. The molecule has 1 saturated heterocycles. The number of nitrogens with one attached hydrogen (secondary N) is 1. The van der Waals surface area contributed by atoms with Gasteiger partial charge in [-0.15, -0.1) is 0 Å². The number of amides is 2. The first-order valence-electron chi connectivity index (χ1n) is 9.51. The Morgan fingerprint density at radius 1 is 1.19 bits per heavy atom. The maximum absolute atomic E-state index is 12.7. The average Bonchev–Trinajstić information content (AvgIpc) is 3.23. The van der Waals surface area contributed by atoms with E-state index in [2.05, 4.69) is 12.2 Å². The molecule has 0 radical (unpaired) electrons. The summed E-state index contributed by atoms with van der Waals surface area (Å²) in [5, 5.41) is 2.97. The second kappa shape index (κ2) is 7.06. The fraction of sp³-hybridized carbons (Fsp3) is 0.364. The first-order valence-corrected chi connectivity index (χ1v) is 9.51. The van der Waals surface area contributed by atoms with Gasteiger partial charge in [0.25, 0.3) is 5.91 Å². The topological polar surface area (TPSA) is 58.6 Å². The van der Waals surface area contributed by atoms with Crippen LogP contribution in [-0.2, 0) is 11.3 Å². The number of ether oxygens (including phenoxy) is 1. The predicted octanol–water partition coefficient (Wildman–Crippen LogP) is 3.63. The van der Waals surface area contributed by atoms with Crippen LogP contribution in [0.25, 0.3) is 0 Å². The van der Waals surface area contributed by atoms with Crippen molar-refractivity contribution in [2.24, 2.45) is 0 Å². The highest BCUT2D eigenvalue weighted by Gasteiger charge is 2.31. The van der Waals surface area contributed by atoms with Gasteiger partial charge in [-0.05, 0) is 37.1 Å². The van der Waals surface area contributed by atoms with Gasteiger partial charge in [0.05, 0.1) is 5.56 Å². The van der Waals surface area contributed by atoms with Crippen LogP contribution in [0.15, 0.2) is 42.5 Å². The van der Waals surface area contributed by atoms with E-state index in [1.807, 2.05) is 48.2 Å². The quantitative estimate of drug-likeness (QED) is 0.901. The third-order valence-electron chi connectivity index (χ3n) is 5.56. The fourth-order valence-corrected chi connectivity index (χ4v) is 3.76. The molecular formula is C22H24N2O3. The zero-order valence-electron chi connectivity index (χ0n) is 15.7. The van der Waals surface area contributed by atoms with Crippen molar-refractivity contribution in [1.82, 2.24) is 5.32 Å². The summed E-state index contributed by atoms with van der Waals surface area (Å²) in [6, 6.07) is 13.5. The van der Waals surface area contributed by atoms with Gasteiger partial charge in [-0.25, -0.2) is 0 Å². The van der Waals surface area contributed by atoms with Crippen molar-refractivity contribution in [2.75, 3.05) is 11.4 Å². The number of hydrogen-bond donors (Lipinski definition) is 1. The normalized spacial score (nSPS) is 21.1. The van der Waals surface area contributed by atoms with Gasteiger partial charge < -0.3 is 15.0 Å². The summed E-state index contributed by atoms with van der Waals surface area (Å²) in [7, 11) is 0. The van der Waals surface area contributed by atoms with Crippen molar-refractivity contribution >= 4 is 17.5 Å². The summed E-state index contributed by atoms with van der Waals surface area (Å²) in [6.07, 6.45) is 1.62. The lowest BCUT2D eigenvalue weighted by Gasteiger charge is -2.16. The highest BCUT2D eigenvalue weighted by molar-refractivity contribution is 5.97. The molecule has 27 heavy (non-hydrogen) atoms. The second-order valence-electron chi connectivity index (χ2n) is 7.33. The molecular weight excluding hydrogens is 340 g/mol. The standard InChI is InChI=1S/C22H24N2O3/c1-14-15(2)27-21-18(14)5-3-6-19(21)22(26)23-13-16-8-10-17(11-9-16)24-12-4-7-20(24)25/h3,5-6,8-11,14-15H,4,7,12-13H2,1-2H3,(H,23,26)/t14-,15-/m0/s1. The average molecular weight is 364 g/mol. The number of anilines is 1. The Morgan fingerprint density at radius 2 is 1.96 bits per heavy atom. The van der Waals surface area contributed by atoms with Crippen molar-refractivity contribution in [3.63, 3.8) is 0 Å². The molecule has 2 atom stereocenters. The largest absolute Gasteiger partial charge is 0.489 e. The minimum atomic E-state index is -0.132. The molecule has 1 fully saturated rings. The Labute approximate surface area is 159 Å². The van der Waals surface area contributed by atoms with E-state index in [0.717, 1.165) is 29.8 Å². The van der Waals surface area contributed by atoms with Crippen LogP contribution in [0.4, 0.5) is 5.69 Å². The van der Waals surface area contributed by atoms with E-state index in [0.29, 0.717) is 24.3 Å². The van der Waals surface area contributed by atoms with E-state index in [1.165, 1.54) is 0 Å². The molecule has 2 amide bonds. The highest BCUT2D eigenvalue weighted by atomic mass is 16.5. The zero-order valence-corrected chi connectivity index (χ0v) is 15.7. The molecule has 0 aromatic heterocycles. The Morgan fingerprint density at radius 3 is 2.67 bits per heavy atom. The predicted molar refractivity (Wildman–Crippen MR) is 104 cm³/mol. The first-order chi connectivity index (χ1) is 13.0. The molecule has 2 heterocycles. The number of carbonyl (C=O) groups excluding carboxylic acids is 2. The van der Waals surface area contributed by atoms with E-state index in [1.54, 1.807) is 6.07 Å². The van der Waals surface area contributed by atoms with Gasteiger partial charge in [-0.2, -0.15) is 0 Å². The number of rotatable bonds is 4. The Balaban J connectivity index is 1.42. The van der Waals surface area contributed by atoms with Crippen LogP contribution in [0.1, 0.15) is 54.1 Å². The second-order valence-corrected chi connectivity index (χ2v) is 7.33. The lowest BCUT2D eigenvalue weighted by atomic mass is 9.97. The van der Waals surface area contributed by atoms with Crippen molar-refractivity contribution in [3.05, 3.63) is 59.2 Å². The maximum atomic E-state index is 12.7. The van der Waals surface area contributed by atoms with Crippen LogP contribution in [0.2, 0.25) is 0 Å². The number of para-hydroxylation sites is 1. The molecule has 0 aliphatic carbocycles. The first kappa shape index (κ1) is 17.6. The molecule has 140 valence electrons. The molecule has 0 unspecified atom stereocenters. The smallest absolute Gasteiger partial charge is 0.255 e. The molecule has 0 spiro atoms. The summed E-state index contributed by atoms with van der Waals surface area (Å²) in [4.78, 5) is 26.3. The maximum Gasteiger partial charge on any atom is 0.255 e. The molecule has 2 aromatic carbocycles. The van der Waals surface area contributed by atoms with Gasteiger partial charge in [0, 0.05) is 36.7 Å². The van der Waals surface area contributed by atoms with E-state index >= 15 is 0 Å². The molecule has 2 aliphatic rings. The van der Waals surface area contributed by atoms with Crippen LogP contribution in [0.5, 0.6) is 5.75 Å². The number of nitrogens with zero attached hydrogens (tertiary/aromatic N) is 1. The lowest BCUT2D eigenvalue weighted by molar-refractivity contribution is -0.117. The Hall–Kier alpha value is -2.82. The monoisotopic (exact) mass is 364 g/mol. The van der Waals surface area contributed by atoms with Crippen LogP contribution >= 0.6 is 0 Å². The van der Waals surface area contributed by atoms with E-state index < -0.39 is 0 Å². The van der Waals surface area contributed by atoms with Crippen molar-refractivity contribution in [3.8, 4) is 5.75 Å². The van der Waals surface area contributed by atoms with Gasteiger partial charge in [0.2, 0.25) is 5.91 Å². The number of fused-ring (bicyclic) bond motifs is 1. The summed E-state index contributed by atoms with van der Waals surface area (Å²) in [5.74, 6) is 1.04. The molecule has 5 nitrogen and oxygen atoms in total. The lowest BCUT2D eigenvalue weighted by Crippen LogP contribution is -2.24. The van der Waals surface area contributed by atoms with Crippen molar-refractivity contribution in [2.45, 2.75) is 45.3 Å². The van der Waals surface area contributed by atoms with Gasteiger partial charge in [-0.3, -0.25) is 9.59 Å². The van der Waals surface area contributed by atoms with E-state index in [9.17, 15) is 9.59 Å². The third-order valence-corrected chi connectivity index (χ3v) is 5.56. The molecule has 0 bridgehead atoms. The van der Waals surface area contributed by atoms with Crippen molar-refractivity contribution < 1.29 is 14.3 Å². The molecule has 2 aromatic rings. The minimum Gasteiger partial charge on any atom is -0.489 e. The highest BCUT2D eigenvalue weighted by Crippen LogP contribution is 2.40. The van der Waals surface area contributed by atoms with Gasteiger partial charge in [0.15, 0.2) is 0 Å². The minimum absolute atomic E-state index is 0.0785. The number of hydrogen-bond acceptors (Lipinski definition) is 3. The Kier molecular flexibility index (Phi) is 4.60. The fourth-order valence-electron chi connectivity index (χ4n) is 3.76. The van der Waals surface area contributed by atoms with Crippen LogP contribution in [-0.4, -0.2) is 24.5 Å². The molecule has 4 rings (SSSR count). The number of benzene rings is 2.